The van der Waals surface area contributed by atoms with Crippen molar-refractivity contribution in [2.45, 2.75) is 32.8 Å². The lowest BCUT2D eigenvalue weighted by atomic mass is 9.98. The van der Waals surface area contributed by atoms with Gasteiger partial charge in [-0.1, -0.05) is 0 Å². The minimum atomic E-state index is 0.317. The second-order valence-electron chi connectivity index (χ2n) is 4.74. The van der Waals surface area contributed by atoms with E-state index in [1.807, 2.05) is 0 Å². The zero-order valence-electron chi connectivity index (χ0n) is 10.4. The Morgan fingerprint density at radius 2 is 1.87 bits per heavy atom. The molecule has 1 aliphatic heterocycles. The number of nitrogens with zero attached hydrogens (tertiary/aromatic N) is 1. The van der Waals surface area contributed by atoms with Gasteiger partial charge in [-0.2, -0.15) is 0 Å². The summed E-state index contributed by atoms with van der Waals surface area (Å²) < 4.78 is 11.0. The predicted octanol–water partition coefficient (Wildman–Crippen LogP) is 1.77. The number of hydrogen-bond donors (Lipinski definition) is 0. The second kappa shape index (κ2) is 7.20. The zero-order chi connectivity index (χ0) is 11.1. The molecule has 0 aromatic heterocycles. The molecule has 0 aromatic carbocycles. The fourth-order valence-electron chi connectivity index (χ4n) is 1.82. The SMILES string of the molecule is CC(C)OCCOCC1CCN(C)CC1. The number of piperidine rings is 1. The molecule has 1 rings (SSSR count). The van der Waals surface area contributed by atoms with Crippen LogP contribution in [0, 0.1) is 5.92 Å². The minimum Gasteiger partial charge on any atom is -0.379 e. The fourth-order valence-corrected chi connectivity index (χ4v) is 1.82. The first-order chi connectivity index (χ1) is 7.18. The first-order valence-electron chi connectivity index (χ1n) is 6.06. The summed E-state index contributed by atoms with van der Waals surface area (Å²) in [5, 5.41) is 0. The van der Waals surface area contributed by atoms with E-state index in [1.165, 1.54) is 25.9 Å². The van der Waals surface area contributed by atoms with Gasteiger partial charge in [0.2, 0.25) is 0 Å². The Hall–Kier alpha value is -0.120. The van der Waals surface area contributed by atoms with Gasteiger partial charge in [0.15, 0.2) is 0 Å². The van der Waals surface area contributed by atoms with Crippen LogP contribution in [0.3, 0.4) is 0 Å². The summed E-state index contributed by atoms with van der Waals surface area (Å²) in [6.07, 6.45) is 2.88. The number of hydrogen-bond acceptors (Lipinski definition) is 3. The molecule has 1 fully saturated rings. The molecule has 0 amide bonds. The molecular formula is C12H25NO2. The van der Waals surface area contributed by atoms with E-state index in [0.717, 1.165) is 25.7 Å². The molecule has 15 heavy (non-hydrogen) atoms. The Bertz CT molecular complexity index is 154. The molecule has 1 saturated heterocycles. The fraction of sp³-hybridized carbons (Fsp3) is 1.00. The van der Waals surface area contributed by atoms with Crippen LogP contribution in [0.4, 0.5) is 0 Å². The molecule has 3 heteroatoms. The molecule has 0 aromatic rings. The molecular weight excluding hydrogens is 190 g/mol. The maximum Gasteiger partial charge on any atom is 0.0703 e. The van der Waals surface area contributed by atoms with Gasteiger partial charge < -0.3 is 14.4 Å². The second-order valence-corrected chi connectivity index (χ2v) is 4.74. The van der Waals surface area contributed by atoms with Gasteiger partial charge in [0.05, 0.1) is 19.3 Å². The van der Waals surface area contributed by atoms with Gasteiger partial charge in [0, 0.05) is 6.61 Å². The molecule has 0 N–H and O–H groups in total. The van der Waals surface area contributed by atoms with Gasteiger partial charge in [-0.25, -0.2) is 0 Å². The van der Waals surface area contributed by atoms with Crippen molar-refractivity contribution < 1.29 is 9.47 Å². The van der Waals surface area contributed by atoms with E-state index in [2.05, 4.69) is 25.8 Å². The van der Waals surface area contributed by atoms with Crippen LogP contribution in [0.2, 0.25) is 0 Å². The molecule has 3 nitrogen and oxygen atoms in total. The Kier molecular flexibility index (Phi) is 6.22. The van der Waals surface area contributed by atoms with Gasteiger partial charge >= 0.3 is 0 Å². The molecule has 0 saturated carbocycles. The van der Waals surface area contributed by atoms with Crippen molar-refractivity contribution in [2.24, 2.45) is 5.92 Å². The maximum atomic E-state index is 5.62. The quantitative estimate of drug-likeness (QED) is 0.630. The topological polar surface area (TPSA) is 21.7 Å². The Labute approximate surface area is 93.7 Å². The van der Waals surface area contributed by atoms with Crippen LogP contribution >= 0.6 is 0 Å². The summed E-state index contributed by atoms with van der Waals surface area (Å²) >= 11 is 0. The molecule has 0 radical (unpaired) electrons. The van der Waals surface area contributed by atoms with E-state index >= 15 is 0 Å². The van der Waals surface area contributed by atoms with E-state index in [-0.39, 0.29) is 0 Å². The molecule has 0 spiro atoms. The van der Waals surface area contributed by atoms with E-state index in [0.29, 0.717) is 6.10 Å². The predicted molar refractivity (Wildman–Crippen MR) is 62.1 cm³/mol. The van der Waals surface area contributed by atoms with Crippen LogP contribution in [0.5, 0.6) is 0 Å². The van der Waals surface area contributed by atoms with E-state index < -0.39 is 0 Å². The Morgan fingerprint density at radius 1 is 1.20 bits per heavy atom. The number of ether oxygens (including phenoxy) is 2. The first-order valence-corrected chi connectivity index (χ1v) is 6.06. The van der Waals surface area contributed by atoms with Gasteiger partial charge in [0.1, 0.15) is 0 Å². The summed E-state index contributed by atoms with van der Waals surface area (Å²) in [5.41, 5.74) is 0. The third-order valence-corrected chi connectivity index (χ3v) is 2.87. The van der Waals surface area contributed by atoms with Crippen LogP contribution in [-0.4, -0.2) is 51.0 Å². The Morgan fingerprint density at radius 3 is 2.47 bits per heavy atom. The van der Waals surface area contributed by atoms with Crippen LogP contribution in [-0.2, 0) is 9.47 Å². The van der Waals surface area contributed by atoms with Crippen LogP contribution in [0.1, 0.15) is 26.7 Å². The molecule has 90 valence electrons. The van der Waals surface area contributed by atoms with E-state index in [9.17, 15) is 0 Å². The normalized spacial score (nSPS) is 20.0. The van der Waals surface area contributed by atoms with Crippen LogP contribution in [0.15, 0.2) is 0 Å². The van der Waals surface area contributed by atoms with Gasteiger partial charge in [-0.3, -0.25) is 0 Å². The lowest BCUT2D eigenvalue weighted by molar-refractivity contribution is 0.00335. The van der Waals surface area contributed by atoms with Gasteiger partial charge in [0.25, 0.3) is 0 Å². The molecule has 0 atom stereocenters. The summed E-state index contributed by atoms with van der Waals surface area (Å²) in [7, 11) is 2.19. The highest BCUT2D eigenvalue weighted by atomic mass is 16.5. The minimum absolute atomic E-state index is 0.317. The highest BCUT2D eigenvalue weighted by Gasteiger charge is 2.16. The maximum absolute atomic E-state index is 5.62. The van der Waals surface area contributed by atoms with Crippen LogP contribution < -0.4 is 0 Å². The highest BCUT2D eigenvalue weighted by molar-refractivity contribution is 4.69. The van der Waals surface area contributed by atoms with Crippen molar-refractivity contribution in [1.82, 2.24) is 4.90 Å². The standard InChI is InChI=1S/C12H25NO2/c1-11(2)15-9-8-14-10-12-4-6-13(3)7-5-12/h11-12H,4-10H2,1-3H3. The lowest BCUT2D eigenvalue weighted by Crippen LogP contribution is -2.32. The van der Waals surface area contributed by atoms with E-state index in [1.54, 1.807) is 0 Å². The third kappa shape index (κ3) is 6.13. The van der Waals surface area contributed by atoms with Crippen molar-refractivity contribution in [2.75, 3.05) is 40.0 Å². The highest BCUT2D eigenvalue weighted by Crippen LogP contribution is 2.15. The average Bonchev–Trinajstić information content (AvgIpc) is 2.20. The Balaban J connectivity index is 1.91. The van der Waals surface area contributed by atoms with Crippen molar-refractivity contribution in [3.05, 3.63) is 0 Å². The molecule has 1 aliphatic rings. The van der Waals surface area contributed by atoms with Gasteiger partial charge in [-0.15, -0.1) is 0 Å². The number of rotatable bonds is 6. The van der Waals surface area contributed by atoms with Crippen molar-refractivity contribution in [1.29, 1.82) is 0 Å². The average molecular weight is 215 g/mol. The number of likely N-dealkylation sites (tertiary alicyclic amines) is 1. The lowest BCUT2D eigenvalue weighted by Gasteiger charge is -2.28. The van der Waals surface area contributed by atoms with Crippen molar-refractivity contribution >= 4 is 0 Å². The summed E-state index contributed by atoms with van der Waals surface area (Å²) in [6, 6.07) is 0. The van der Waals surface area contributed by atoms with Crippen LogP contribution in [0.25, 0.3) is 0 Å². The molecule has 0 unspecified atom stereocenters. The monoisotopic (exact) mass is 215 g/mol. The summed E-state index contributed by atoms with van der Waals surface area (Å²) in [4.78, 5) is 2.39. The van der Waals surface area contributed by atoms with Gasteiger partial charge in [-0.05, 0) is 52.7 Å². The van der Waals surface area contributed by atoms with Crippen molar-refractivity contribution in [3.8, 4) is 0 Å². The largest absolute Gasteiger partial charge is 0.379 e. The summed E-state index contributed by atoms with van der Waals surface area (Å²) in [5.74, 6) is 0.764. The first kappa shape index (κ1) is 12.9. The molecule has 1 heterocycles. The van der Waals surface area contributed by atoms with Crippen molar-refractivity contribution in [3.63, 3.8) is 0 Å². The smallest absolute Gasteiger partial charge is 0.0703 e. The molecule has 0 aliphatic carbocycles. The summed E-state index contributed by atoms with van der Waals surface area (Å²) in [6.45, 7) is 8.92. The molecule has 0 bridgehead atoms. The van der Waals surface area contributed by atoms with E-state index in [4.69, 9.17) is 9.47 Å². The zero-order valence-corrected chi connectivity index (χ0v) is 10.4. The third-order valence-electron chi connectivity index (χ3n) is 2.87.